The van der Waals surface area contributed by atoms with E-state index in [9.17, 15) is 19.2 Å². The number of carbonyl (C=O) groups excluding carboxylic acids is 4. The van der Waals surface area contributed by atoms with Crippen LogP contribution in [0.2, 0.25) is 0 Å². The SMILES string of the molecule is CCOC(OCC)[C@H](C)N(Cc1cccc2cccnc12)C(=O)[C@H](CCCCNC(=O)OC(C)(C)C)NC(=O)CONC(=O)NCc1ccccc1. The first-order valence-electron chi connectivity index (χ1n) is 17.7. The molecule has 0 saturated heterocycles. The van der Waals surface area contributed by atoms with Gasteiger partial charge in [0.2, 0.25) is 11.8 Å². The lowest BCUT2D eigenvalue weighted by Crippen LogP contribution is -2.55. The van der Waals surface area contributed by atoms with Crippen LogP contribution < -0.4 is 21.4 Å². The van der Waals surface area contributed by atoms with Gasteiger partial charge in [0.25, 0.3) is 0 Å². The molecule has 0 aliphatic heterocycles. The summed E-state index contributed by atoms with van der Waals surface area (Å²) >= 11 is 0. The third kappa shape index (κ3) is 14.4. The molecule has 2 aromatic carbocycles. The Kier molecular flexibility index (Phi) is 17.2. The number of fused-ring (bicyclic) bond motifs is 1. The quantitative estimate of drug-likeness (QED) is 0.0716. The minimum Gasteiger partial charge on any atom is -0.444 e. The van der Waals surface area contributed by atoms with Crippen molar-refractivity contribution in [3.63, 3.8) is 0 Å². The van der Waals surface area contributed by atoms with Crippen molar-refractivity contribution in [1.29, 1.82) is 0 Å². The molecule has 52 heavy (non-hydrogen) atoms. The molecule has 0 aliphatic rings. The van der Waals surface area contributed by atoms with Gasteiger partial charge in [0, 0.05) is 44.4 Å². The molecule has 5 amide bonds. The van der Waals surface area contributed by atoms with Crippen LogP contribution in [0.5, 0.6) is 0 Å². The lowest BCUT2D eigenvalue weighted by molar-refractivity contribution is -0.180. The standard InChI is InChI=1S/C38H54N6O8/c1-7-49-35(50-8-2)27(3)44(25-30-19-14-18-29-20-15-23-39-33(29)30)34(46)31(21-12-13-22-40-37(48)52-38(4,5)6)42-32(45)26-51-43-36(47)41-24-28-16-10-9-11-17-28/h9-11,14-20,23,27,31,35H,7-8,12-13,21-22,24-26H2,1-6H3,(H,40,48)(H,42,45)(H2,41,43,47)/t27-,31-/m0/s1. The van der Waals surface area contributed by atoms with Gasteiger partial charge in [0.1, 0.15) is 11.6 Å². The first-order chi connectivity index (χ1) is 24.9. The number of ether oxygens (including phenoxy) is 3. The molecule has 0 radical (unpaired) electrons. The highest BCUT2D eigenvalue weighted by atomic mass is 16.7. The topological polar surface area (TPSA) is 169 Å². The summed E-state index contributed by atoms with van der Waals surface area (Å²) < 4.78 is 17.1. The van der Waals surface area contributed by atoms with Crippen molar-refractivity contribution in [2.75, 3.05) is 26.4 Å². The zero-order valence-corrected chi connectivity index (χ0v) is 31.1. The van der Waals surface area contributed by atoms with Gasteiger partial charge in [-0.2, -0.15) is 0 Å². The Morgan fingerprint density at radius 1 is 0.885 bits per heavy atom. The second-order valence-corrected chi connectivity index (χ2v) is 13.1. The number of hydroxylamine groups is 1. The molecule has 3 aromatic rings. The highest BCUT2D eigenvalue weighted by Gasteiger charge is 2.34. The normalized spacial score (nSPS) is 12.5. The maximum Gasteiger partial charge on any atom is 0.407 e. The number of unbranched alkanes of at least 4 members (excludes halogenated alkanes) is 1. The molecule has 0 fully saturated rings. The predicted octanol–water partition coefficient (Wildman–Crippen LogP) is 4.96. The molecule has 14 heteroatoms. The van der Waals surface area contributed by atoms with Crippen LogP contribution in [0.4, 0.5) is 9.59 Å². The number of pyridine rings is 1. The van der Waals surface area contributed by atoms with Gasteiger partial charge < -0.3 is 35.1 Å². The molecule has 0 aliphatic carbocycles. The van der Waals surface area contributed by atoms with Crippen molar-refractivity contribution in [2.45, 2.75) is 97.9 Å². The maximum absolute atomic E-state index is 14.6. The van der Waals surface area contributed by atoms with E-state index in [0.717, 1.165) is 22.0 Å². The molecule has 1 heterocycles. The van der Waals surface area contributed by atoms with E-state index in [-0.39, 0.29) is 25.4 Å². The van der Waals surface area contributed by atoms with E-state index in [1.807, 2.05) is 81.4 Å². The highest BCUT2D eigenvalue weighted by Crippen LogP contribution is 2.22. The Morgan fingerprint density at radius 2 is 1.60 bits per heavy atom. The largest absolute Gasteiger partial charge is 0.444 e. The third-order valence-corrected chi connectivity index (χ3v) is 7.77. The summed E-state index contributed by atoms with van der Waals surface area (Å²) in [6, 6.07) is 16.7. The van der Waals surface area contributed by atoms with Crippen molar-refractivity contribution < 1.29 is 38.2 Å². The van der Waals surface area contributed by atoms with E-state index >= 15 is 0 Å². The molecule has 284 valence electrons. The summed E-state index contributed by atoms with van der Waals surface area (Å²) in [5.41, 5.74) is 4.03. The molecule has 0 unspecified atom stereocenters. The van der Waals surface area contributed by atoms with Crippen LogP contribution in [0.25, 0.3) is 10.9 Å². The summed E-state index contributed by atoms with van der Waals surface area (Å²) in [4.78, 5) is 63.5. The fourth-order valence-electron chi connectivity index (χ4n) is 5.36. The van der Waals surface area contributed by atoms with Crippen molar-refractivity contribution in [3.05, 3.63) is 78.0 Å². The number of hydrogen-bond donors (Lipinski definition) is 4. The van der Waals surface area contributed by atoms with Gasteiger partial charge in [0.15, 0.2) is 12.9 Å². The Labute approximate surface area is 306 Å². The smallest absolute Gasteiger partial charge is 0.407 e. The Hall–Kier alpha value is -4.79. The Balaban J connectivity index is 1.77. The van der Waals surface area contributed by atoms with Crippen LogP contribution in [-0.4, -0.2) is 84.2 Å². The molecule has 4 N–H and O–H groups in total. The Morgan fingerprint density at radius 3 is 2.29 bits per heavy atom. The summed E-state index contributed by atoms with van der Waals surface area (Å²) in [5, 5.41) is 9.10. The van der Waals surface area contributed by atoms with E-state index in [0.29, 0.717) is 32.6 Å². The summed E-state index contributed by atoms with van der Waals surface area (Å²) in [6.45, 7) is 11.8. The minimum atomic E-state index is -0.987. The van der Waals surface area contributed by atoms with Gasteiger partial charge in [-0.15, -0.1) is 0 Å². The number of para-hydroxylation sites is 1. The lowest BCUT2D eigenvalue weighted by Gasteiger charge is -2.36. The van der Waals surface area contributed by atoms with Crippen LogP contribution in [0.3, 0.4) is 0 Å². The monoisotopic (exact) mass is 722 g/mol. The van der Waals surface area contributed by atoms with Gasteiger partial charge in [-0.1, -0.05) is 54.6 Å². The molecule has 3 rings (SSSR count). The van der Waals surface area contributed by atoms with E-state index in [1.54, 1.807) is 31.9 Å². The van der Waals surface area contributed by atoms with Gasteiger partial charge >= 0.3 is 12.1 Å². The number of aromatic nitrogens is 1. The van der Waals surface area contributed by atoms with Crippen LogP contribution in [0.1, 0.15) is 71.9 Å². The summed E-state index contributed by atoms with van der Waals surface area (Å²) in [6.07, 6.45) is 1.67. The molecule has 14 nitrogen and oxygen atoms in total. The van der Waals surface area contributed by atoms with Gasteiger partial charge in [-0.3, -0.25) is 19.4 Å². The zero-order chi connectivity index (χ0) is 37.9. The number of amides is 5. The number of urea groups is 1. The number of benzene rings is 2. The van der Waals surface area contributed by atoms with Crippen LogP contribution in [-0.2, 0) is 41.7 Å². The number of alkyl carbamates (subject to hydrolysis) is 1. The highest BCUT2D eigenvalue weighted by molar-refractivity contribution is 5.89. The fraction of sp³-hybridized carbons (Fsp3) is 0.500. The van der Waals surface area contributed by atoms with Crippen LogP contribution >= 0.6 is 0 Å². The first-order valence-corrected chi connectivity index (χ1v) is 17.7. The fourth-order valence-corrected chi connectivity index (χ4v) is 5.36. The third-order valence-electron chi connectivity index (χ3n) is 7.77. The second kappa shape index (κ2) is 21.5. The van der Waals surface area contributed by atoms with Crippen molar-refractivity contribution in [3.8, 4) is 0 Å². The van der Waals surface area contributed by atoms with Crippen molar-refractivity contribution >= 4 is 34.8 Å². The minimum absolute atomic E-state index is 0.164. The predicted molar refractivity (Wildman–Crippen MR) is 197 cm³/mol. The van der Waals surface area contributed by atoms with E-state index in [2.05, 4.69) is 26.4 Å². The number of nitrogens with one attached hydrogen (secondary N) is 4. The number of carbonyl (C=O) groups is 4. The van der Waals surface area contributed by atoms with Gasteiger partial charge in [0.05, 0.1) is 11.6 Å². The van der Waals surface area contributed by atoms with Crippen LogP contribution in [0.15, 0.2) is 66.9 Å². The number of nitrogens with zero attached hydrogens (tertiary/aromatic N) is 2. The molecule has 0 spiro atoms. The maximum atomic E-state index is 14.6. The second-order valence-electron chi connectivity index (χ2n) is 13.1. The van der Waals surface area contributed by atoms with E-state index in [4.69, 9.17) is 19.0 Å². The average molecular weight is 723 g/mol. The van der Waals surface area contributed by atoms with Crippen molar-refractivity contribution in [1.82, 2.24) is 31.3 Å². The number of rotatable bonds is 20. The number of hydrogen-bond acceptors (Lipinski definition) is 9. The molecule has 0 saturated carbocycles. The summed E-state index contributed by atoms with van der Waals surface area (Å²) in [5.74, 6) is -0.981. The van der Waals surface area contributed by atoms with Gasteiger partial charge in [-0.05, 0) is 78.0 Å². The lowest BCUT2D eigenvalue weighted by atomic mass is 10.0. The molecule has 1 aromatic heterocycles. The zero-order valence-electron chi connectivity index (χ0n) is 31.1. The molecular weight excluding hydrogens is 668 g/mol. The van der Waals surface area contributed by atoms with Gasteiger partial charge in [-0.25, -0.2) is 15.1 Å². The molecule has 2 atom stereocenters. The first kappa shape index (κ1) is 41.6. The average Bonchev–Trinajstić information content (AvgIpc) is 3.11. The molecular formula is C38H54N6O8. The summed E-state index contributed by atoms with van der Waals surface area (Å²) in [7, 11) is 0. The van der Waals surface area contributed by atoms with E-state index < -0.39 is 48.6 Å². The van der Waals surface area contributed by atoms with E-state index in [1.165, 1.54) is 0 Å². The Bertz CT molecular complexity index is 1560. The van der Waals surface area contributed by atoms with Crippen LogP contribution in [0, 0.1) is 0 Å². The van der Waals surface area contributed by atoms with Crippen molar-refractivity contribution in [2.24, 2.45) is 0 Å². The molecule has 0 bridgehead atoms.